The van der Waals surface area contributed by atoms with Gasteiger partial charge in [0.25, 0.3) is 0 Å². The summed E-state index contributed by atoms with van der Waals surface area (Å²) in [5, 5.41) is 0. The van der Waals surface area contributed by atoms with E-state index in [1.54, 1.807) is 6.92 Å². The number of aliphatic imine (C=N–C) groups is 1. The fraction of sp³-hybridized carbons (Fsp3) is 0.381. The van der Waals surface area contributed by atoms with E-state index in [1.165, 1.54) is 5.57 Å². The third-order valence-electron chi connectivity index (χ3n) is 5.81. The topological polar surface area (TPSA) is 22.2 Å². The molecule has 27 heavy (non-hydrogen) atoms. The van der Waals surface area contributed by atoms with E-state index in [4.69, 9.17) is 4.99 Å². The van der Waals surface area contributed by atoms with E-state index in [0.717, 1.165) is 50.3 Å². The van der Waals surface area contributed by atoms with Gasteiger partial charge in [-0.1, -0.05) is 6.92 Å². The third kappa shape index (κ3) is 2.91. The van der Waals surface area contributed by atoms with Crippen molar-refractivity contribution in [2.75, 3.05) is 0 Å². The van der Waals surface area contributed by atoms with Crippen LogP contribution < -0.4 is 0 Å². The average molecular weight is 369 g/mol. The molecule has 0 atom stereocenters. The molecule has 2 aromatic rings. The lowest BCUT2D eigenvalue weighted by Gasteiger charge is -2.17. The van der Waals surface area contributed by atoms with Gasteiger partial charge < -0.3 is 9.05 Å². The Morgan fingerprint density at radius 2 is 1.78 bits per heavy atom. The SMILES string of the molecule is CCC1=C(C)/C(=C(\c2cccn2C)c2c(C)c(C)c(C)n2B(F)F)N=C1C. The molecular weight excluding hydrogens is 343 g/mol. The Balaban J connectivity index is 2.48. The van der Waals surface area contributed by atoms with E-state index in [0.29, 0.717) is 11.4 Å². The molecule has 0 saturated carbocycles. The lowest BCUT2D eigenvalue weighted by Crippen LogP contribution is -2.19. The highest BCUT2D eigenvalue weighted by molar-refractivity contribution is 6.41. The molecule has 0 unspecified atom stereocenters. The normalized spacial score (nSPS) is 16.3. The number of aryl methyl sites for hydroxylation is 1. The van der Waals surface area contributed by atoms with E-state index < -0.39 is 7.40 Å². The van der Waals surface area contributed by atoms with Gasteiger partial charge in [0, 0.05) is 35.9 Å². The summed E-state index contributed by atoms with van der Waals surface area (Å²) in [5.74, 6) is 0. The van der Waals surface area contributed by atoms with Gasteiger partial charge in [0.05, 0.1) is 11.4 Å². The summed E-state index contributed by atoms with van der Waals surface area (Å²) < 4.78 is 31.3. The first-order valence-electron chi connectivity index (χ1n) is 9.28. The summed E-state index contributed by atoms with van der Waals surface area (Å²) in [4.78, 5) is 4.83. The fourth-order valence-electron chi connectivity index (χ4n) is 4.10. The number of rotatable bonds is 4. The Morgan fingerprint density at radius 1 is 1.11 bits per heavy atom. The summed E-state index contributed by atoms with van der Waals surface area (Å²) in [6.45, 7) is 11.7. The third-order valence-corrected chi connectivity index (χ3v) is 5.81. The smallest absolute Gasteiger partial charge is 0.350 e. The zero-order valence-corrected chi connectivity index (χ0v) is 17.1. The van der Waals surface area contributed by atoms with Crippen LogP contribution in [0.3, 0.4) is 0 Å². The summed E-state index contributed by atoms with van der Waals surface area (Å²) in [7, 11) is -0.670. The highest BCUT2D eigenvalue weighted by atomic mass is 19.2. The van der Waals surface area contributed by atoms with Gasteiger partial charge in [-0.25, -0.2) is 0 Å². The molecule has 0 aliphatic carbocycles. The van der Waals surface area contributed by atoms with Crippen LogP contribution in [0, 0.1) is 20.8 Å². The van der Waals surface area contributed by atoms with Gasteiger partial charge in [0.2, 0.25) is 0 Å². The van der Waals surface area contributed by atoms with Crippen molar-refractivity contribution < 1.29 is 8.63 Å². The molecule has 6 heteroatoms. The molecule has 3 heterocycles. The quantitative estimate of drug-likeness (QED) is 0.637. The Kier molecular flexibility index (Phi) is 5.02. The summed E-state index contributed by atoms with van der Waals surface area (Å²) >= 11 is 0. The summed E-state index contributed by atoms with van der Waals surface area (Å²) in [6.07, 6.45) is 2.81. The summed E-state index contributed by atoms with van der Waals surface area (Å²) in [6, 6.07) is 3.91. The van der Waals surface area contributed by atoms with Crippen LogP contribution in [0.25, 0.3) is 5.57 Å². The number of aromatic nitrogens is 2. The minimum atomic E-state index is -2.61. The second kappa shape index (κ2) is 6.99. The van der Waals surface area contributed by atoms with Gasteiger partial charge in [0.15, 0.2) is 0 Å². The van der Waals surface area contributed by atoms with Crippen molar-refractivity contribution in [3.8, 4) is 0 Å². The van der Waals surface area contributed by atoms with E-state index in [-0.39, 0.29) is 0 Å². The highest BCUT2D eigenvalue weighted by Gasteiger charge is 2.32. The molecule has 0 aromatic carbocycles. The molecule has 0 amide bonds. The van der Waals surface area contributed by atoms with Gasteiger partial charge in [0.1, 0.15) is 0 Å². The van der Waals surface area contributed by atoms with E-state index in [1.807, 2.05) is 57.6 Å². The second-order valence-corrected chi connectivity index (χ2v) is 7.21. The number of nitrogens with zero attached hydrogens (tertiary/aromatic N) is 3. The van der Waals surface area contributed by atoms with Crippen LogP contribution in [0.5, 0.6) is 0 Å². The van der Waals surface area contributed by atoms with Crippen LogP contribution in [-0.2, 0) is 7.05 Å². The van der Waals surface area contributed by atoms with Gasteiger partial charge in [-0.15, -0.1) is 0 Å². The molecule has 0 fully saturated rings. The van der Waals surface area contributed by atoms with Crippen LogP contribution in [0.1, 0.15) is 55.4 Å². The predicted molar refractivity (Wildman–Crippen MR) is 110 cm³/mol. The Morgan fingerprint density at radius 3 is 2.26 bits per heavy atom. The lowest BCUT2D eigenvalue weighted by atomic mass is 9.95. The van der Waals surface area contributed by atoms with Crippen molar-refractivity contribution in [3.63, 3.8) is 0 Å². The molecule has 0 spiro atoms. The first kappa shape index (κ1) is 19.4. The maximum Gasteiger partial charge on any atom is 0.677 e. The van der Waals surface area contributed by atoms with Crippen molar-refractivity contribution >= 4 is 18.7 Å². The molecule has 0 bridgehead atoms. The van der Waals surface area contributed by atoms with Crippen molar-refractivity contribution in [3.05, 3.63) is 63.4 Å². The Labute approximate surface area is 160 Å². The average Bonchev–Trinajstić information content (AvgIpc) is 3.21. The molecule has 1 aliphatic heterocycles. The maximum absolute atomic E-state index is 14.1. The molecule has 0 saturated heterocycles. The largest absolute Gasteiger partial charge is 0.677 e. The standard InChI is InChI=1S/C21H26BF2N3/c1-8-17-14(4)20(25-15(17)5)19(18-10-9-11-26(18)7)21-13(3)12(2)16(6)27(21)22(23)24/h9-11H,8H2,1-7H3/b20-19-. The highest BCUT2D eigenvalue weighted by Crippen LogP contribution is 2.40. The van der Waals surface area contributed by atoms with Crippen LogP contribution in [-0.4, -0.2) is 22.2 Å². The van der Waals surface area contributed by atoms with Gasteiger partial charge in [-0.3, -0.25) is 13.6 Å². The first-order valence-corrected chi connectivity index (χ1v) is 9.28. The van der Waals surface area contributed by atoms with Crippen molar-refractivity contribution in [2.24, 2.45) is 12.0 Å². The second-order valence-electron chi connectivity index (χ2n) is 7.21. The molecule has 3 rings (SSSR count). The predicted octanol–water partition coefficient (Wildman–Crippen LogP) is 5.48. The van der Waals surface area contributed by atoms with Crippen LogP contribution in [0.4, 0.5) is 8.63 Å². The Hall–Kier alpha value is -2.37. The first-order chi connectivity index (χ1) is 12.7. The molecule has 142 valence electrons. The van der Waals surface area contributed by atoms with Gasteiger partial charge >= 0.3 is 7.40 Å². The van der Waals surface area contributed by atoms with E-state index >= 15 is 0 Å². The van der Waals surface area contributed by atoms with Crippen LogP contribution in [0.2, 0.25) is 0 Å². The zero-order valence-electron chi connectivity index (χ0n) is 17.1. The Bertz CT molecular complexity index is 1000. The minimum absolute atomic E-state index is 0.560. The van der Waals surface area contributed by atoms with Crippen molar-refractivity contribution in [1.29, 1.82) is 0 Å². The molecule has 0 N–H and O–H groups in total. The van der Waals surface area contributed by atoms with Gasteiger partial charge in [-0.2, -0.15) is 0 Å². The number of hydrogen-bond acceptors (Lipinski definition) is 1. The molecule has 0 radical (unpaired) electrons. The summed E-state index contributed by atoms with van der Waals surface area (Å²) in [5.41, 5.74) is 8.63. The minimum Gasteiger partial charge on any atom is -0.350 e. The monoisotopic (exact) mass is 369 g/mol. The van der Waals surface area contributed by atoms with Crippen LogP contribution in [0.15, 0.2) is 40.2 Å². The molecule has 3 nitrogen and oxygen atoms in total. The molecular formula is C21H26BF2N3. The van der Waals surface area contributed by atoms with Crippen molar-refractivity contribution in [1.82, 2.24) is 9.05 Å². The van der Waals surface area contributed by atoms with Crippen molar-refractivity contribution in [2.45, 2.75) is 48.0 Å². The molecule has 1 aliphatic rings. The maximum atomic E-state index is 14.1. The fourth-order valence-corrected chi connectivity index (χ4v) is 4.10. The molecule has 2 aromatic heterocycles. The number of halogens is 2. The van der Waals surface area contributed by atoms with E-state index in [2.05, 4.69) is 6.92 Å². The van der Waals surface area contributed by atoms with Gasteiger partial charge in [-0.05, 0) is 75.4 Å². The lowest BCUT2D eigenvalue weighted by molar-refractivity contribution is 0.623. The number of allylic oxidation sites excluding steroid dienone is 2. The van der Waals surface area contributed by atoms with Crippen LogP contribution >= 0.6 is 0 Å². The van der Waals surface area contributed by atoms with E-state index in [9.17, 15) is 8.63 Å². The number of hydrogen-bond donors (Lipinski definition) is 0. The zero-order chi connectivity index (χ0) is 20.0.